The van der Waals surface area contributed by atoms with Crippen molar-refractivity contribution in [2.75, 3.05) is 0 Å². The van der Waals surface area contributed by atoms with Gasteiger partial charge in [0.15, 0.2) is 0 Å². The molecule has 0 bridgehead atoms. The summed E-state index contributed by atoms with van der Waals surface area (Å²) < 4.78 is 5.48. The number of ether oxygens (including phenoxy) is 1. The summed E-state index contributed by atoms with van der Waals surface area (Å²) in [4.78, 5) is 0. The molecule has 2 nitrogen and oxygen atoms in total. The SMILES string of the molecule is CCCCC/C=C/[C@H]1O[C@H]1[C@H](O)C(C)(C)C. The standard InChI is InChI=1S/C14H26O2/c1-5-6-7-8-9-10-11-12(16-11)13(15)14(2,3)4/h9-13,15H,5-8H2,1-4H3/b10-9+/t11-,12-,13+/m1/s1. The highest BCUT2D eigenvalue weighted by molar-refractivity contribution is 5.07. The molecular weight excluding hydrogens is 200 g/mol. The number of hydrogen-bond acceptors (Lipinski definition) is 2. The van der Waals surface area contributed by atoms with E-state index in [4.69, 9.17) is 4.74 Å². The Kier molecular flexibility index (Phi) is 5.00. The molecule has 1 heterocycles. The molecule has 1 rings (SSSR count). The van der Waals surface area contributed by atoms with Crippen LogP contribution in [0.25, 0.3) is 0 Å². The van der Waals surface area contributed by atoms with Gasteiger partial charge in [0.05, 0.1) is 6.10 Å². The van der Waals surface area contributed by atoms with Crippen LogP contribution in [0.1, 0.15) is 53.4 Å². The van der Waals surface area contributed by atoms with Gasteiger partial charge in [0.1, 0.15) is 12.2 Å². The zero-order valence-corrected chi connectivity index (χ0v) is 11.1. The summed E-state index contributed by atoms with van der Waals surface area (Å²) in [7, 11) is 0. The average molecular weight is 226 g/mol. The summed E-state index contributed by atoms with van der Waals surface area (Å²) >= 11 is 0. The second-order valence-corrected chi connectivity index (χ2v) is 5.80. The van der Waals surface area contributed by atoms with Crippen LogP contribution in [0.5, 0.6) is 0 Å². The Morgan fingerprint density at radius 1 is 1.31 bits per heavy atom. The first kappa shape index (κ1) is 13.7. The van der Waals surface area contributed by atoms with Gasteiger partial charge in [-0.3, -0.25) is 0 Å². The number of aliphatic hydroxyl groups excluding tert-OH is 1. The molecule has 1 fully saturated rings. The molecule has 0 aromatic heterocycles. The van der Waals surface area contributed by atoms with Crippen molar-refractivity contribution < 1.29 is 9.84 Å². The van der Waals surface area contributed by atoms with Gasteiger partial charge in [-0.2, -0.15) is 0 Å². The molecule has 1 N–H and O–H groups in total. The van der Waals surface area contributed by atoms with Gasteiger partial charge in [-0.05, 0) is 18.3 Å². The highest BCUT2D eigenvalue weighted by atomic mass is 16.6. The largest absolute Gasteiger partial charge is 0.390 e. The van der Waals surface area contributed by atoms with Crippen molar-refractivity contribution in [2.24, 2.45) is 5.41 Å². The minimum Gasteiger partial charge on any atom is -0.390 e. The van der Waals surface area contributed by atoms with Crippen LogP contribution in [0, 0.1) is 5.41 Å². The molecule has 0 saturated carbocycles. The zero-order chi connectivity index (χ0) is 12.2. The minimum atomic E-state index is -0.363. The molecule has 1 saturated heterocycles. The lowest BCUT2D eigenvalue weighted by Crippen LogP contribution is -2.32. The van der Waals surface area contributed by atoms with Gasteiger partial charge in [0.25, 0.3) is 0 Å². The topological polar surface area (TPSA) is 32.8 Å². The molecule has 0 aliphatic carbocycles. The van der Waals surface area contributed by atoms with Gasteiger partial charge in [-0.25, -0.2) is 0 Å². The van der Waals surface area contributed by atoms with E-state index in [0.717, 1.165) is 6.42 Å². The van der Waals surface area contributed by atoms with E-state index in [1.165, 1.54) is 19.3 Å². The van der Waals surface area contributed by atoms with E-state index in [0.29, 0.717) is 0 Å². The summed E-state index contributed by atoms with van der Waals surface area (Å²) in [5, 5.41) is 9.98. The predicted molar refractivity (Wildman–Crippen MR) is 67.4 cm³/mol. The third-order valence-electron chi connectivity index (χ3n) is 3.06. The smallest absolute Gasteiger partial charge is 0.114 e. The fourth-order valence-electron chi connectivity index (χ4n) is 1.78. The van der Waals surface area contributed by atoms with Gasteiger partial charge in [-0.15, -0.1) is 0 Å². The molecular formula is C14H26O2. The monoisotopic (exact) mass is 226 g/mol. The molecule has 94 valence electrons. The van der Waals surface area contributed by atoms with Gasteiger partial charge in [-0.1, -0.05) is 52.7 Å². The second kappa shape index (κ2) is 5.83. The highest BCUT2D eigenvalue weighted by Crippen LogP contribution is 2.35. The average Bonchev–Trinajstić information content (AvgIpc) is 2.94. The van der Waals surface area contributed by atoms with Gasteiger partial charge >= 0.3 is 0 Å². The Morgan fingerprint density at radius 3 is 2.56 bits per heavy atom. The van der Waals surface area contributed by atoms with Crippen molar-refractivity contribution in [3.05, 3.63) is 12.2 Å². The van der Waals surface area contributed by atoms with E-state index >= 15 is 0 Å². The van der Waals surface area contributed by atoms with Crippen molar-refractivity contribution in [2.45, 2.75) is 71.7 Å². The molecule has 16 heavy (non-hydrogen) atoms. The van der Waals surface area contributed by atoms with Crippen LogP contribution in [0.3, 0.4) is 0 Å². The molecule has 0 unspecified atom stereocenters. The lowest BCUT2D eigenvalue weighted by molar-refractivity contribution is 0.0378. The first-order valence-corrected chi connectivity index (χ1v) is 6.47. The van der Waals surface area contributed by atoms with Crippen molar-refractivity contribution >= 4 is 0 Å². The normalized spacial score (nSPS) is 27.3. The molecule has 0 aromatic carbocycles. The molecule has 1 aliphatic heterocycles. The van der Waals surface area contributed by atoms with Crippen molar-refractivity contribution in [1.29, 1.82) is 0 Å². The van der Waals surface area contributed by atoms with Crippen LogP contribution < -0.4 is 0 Å². The highest BCUT2D eigenvalue weighted by Gasteiger charge is 2.46. The molecule has 1 aliphatic rings. The van der Waals surface area contributed by atoms with Crippen LogP contribution in [-0.4, -0.2) is 23.4 Å². The Balaban J connectivity index is 2.19. The van der Waals surface area contributed by atoms with E-state index < -0.39 is 0 Å². The van der Waals surface area contributed by atoms with Crippen LogP contribution in [0.2, 0.25) is 0 Å². The second-order valence-electron chi connectivity index (χ2n) is 5.80. The number of unbranched alkanes of at least 4 members (excludes halogenated alkanes) is 3. The van der Waals surface area contributed by atoms with Crippen LogP contribution >= 0.6 is 0 Å². The number of rotatable bonds is 6. The molecule has 0 radical (unpaired) electrons. The van der Waals surface area contributed by atoms with Gasteiger partial charge in [0, 0.05) is 0 Å². The first-order chi connectivity index (χ1) is 7.46. The zero-order valence-electron chi connectivity index (χ0n) is 11.1. The Bertz CT molecular complexity index is 227. The lowest BCUT2D eigenvalue weighted by atomic mass is 9.86. The minimum absolute atomic E-state index is 0.0161. The molecule has 2 heteroatoms. The quantitative estimate of drug-likeness (QED) is 0.428. The maximum absolute atomic E-state index is 9.98. The number of allylic oxidation sites excluding steroid dienone is 1. The third-order valence-corrected chi connectivity index (χ3v) is 3.06. The Morgan fingerprint density at radius 2 is 2.00 bits per heavy atom. The molecule has 3 atom stereocenters. The first-order valence-electron chi connectivity index (χ1n) is 6.47. The third kappa shape index (κ3) is 4.26. The van der Waals surface area contributed by atoms with E-state index in [-0.39, 0.29) is 23.7 Å². The van der Waals surface area contributed by atoms with E-state index in [9.17, 15) is 5.11 Å². The van der Waals surface area contributed by atoms with E-state index in [2.05, 4.69) is 19.1 Å². The van der Waals surface area contributed by atoms with E-state index in [1.54, 1.807) is 0 Å². The number of epoxide rings is 1. The number of aliphatic hydroxyl groups is 1. The van der Waals surface area contributed by atoms with Crippen LogP contribution in [0.15, 0.2) is 12.2 Å². The summed E-state index contributed by atoms with van der Waals surface area (Å²) in [5.41, 5.74) is -0.0878. The van der Waals surface area contributed by atoms with Crippen molar-refractivity contribution in [3.8, 4) is 0 Å². The Labute approximate surface area is 99.7 Å². The molecule has 0 amide bonds. The van der Waals surface area contributed by atoms with Crippen LogP contribution in [0.4, 0.5) is 0 Å². The maximum atomic E-state index is 9.98. The molecule has 0 aromatic rings. The lowest BCUT2D eigenvalue weighted by Gasteiger charge is -2.24. The Hall–Kier alpha value is -0.340. The summed E-state index contributed by atoms with van der Waals surface area (Å²) in [6, 6.07) is 0. The van der Waals surface area contributed by atoms with Crippen molar-refractivity contribution in [1.82, 2.24) is 0 Å². The summed E-state index contributed by atoms with van der Waals surface area (Å²) in [5.74, 6) is 0. The van der Waals surface area contributed by atoms with Crippen LogP contribution in [-0.2, 0) is 4.74 Å². The fourth-order valence-corrected chi connectivity index (χ4v) is 1.78. The van der Waals surface area contributed by atoms with E-state index in [1.807, 2.05) is 20.8 Å². The van der Waals surface area contributed by atoms with Gasteiger partial charge < -0.3 is 9.84 Å². The van der Waals surface area contributed by atoms with Crippen molar-refractivity contribution in [3.63, 3.8) is 0 Å². The summed E-state index contributed by atoms with van der Waals surface area (Å²) in [6.07, 6.45) is 9.04. The number of hydrogen-bond donors (Lipinski definition) is 1. The predicted octanol–water partition coefficient (Wildman–Crippen LogP) is 3.30. The molecule has 0 spiro atoms. The summed E-state index contributed by atoms with van der Waals surface area (Å²) in [6.45, 7) is 8.34. The maximum Gasteiger partial charge on any atom is 0.114 e. The van der Waals surface area contributed by atoms with Gasteiger partial charge in [0.2, 0.25) is 0 Å². The fraction of sp³-hybridized carbons (Fsp3) is 0.857.